The Morgan fingerprint density at radius 2 is 2.10 bits per heavy atom. The first kappa shape index (κ1) is 18.4. The largest absolute Gasteiger partial charge is 0.350 e. The van der Waals surface area contributed by atoms with E-state index in [1.54, 1.807) is 6.33 Å². The van der Waals surface area contributed by atoms with Crippen LogP contribution in [0.15, 0.2) is 30.6 Å². The number of carbonyl (C=O) groups is 1. The van der Waals surface area contributed by atoms with E-state index in [0.29, 0.717) is 28.9 Å². The molecule has 5 rings (SSSR count). The minimum Gasteiger partial charge on any atom is -0.350 e. The summed E-state index contributed by atoms with van der Waals surface area (Å²) in [6.07, 6.45) is 3.77. The minimum atomic E-state index is -0.118. The van der Waals surface area contributed by atoms with E-state index < -0.39 is 0 Å². The van der Waals surface area contributed by atoms with Crippen LogP contribution in [0.1, 0.15) is 41.0 Å². The van der Waals surface area contributed by atoms with Crippen LogP contribution in [0.5, 0.6) is 0 Å². The second kappa shape index (κ2) is 7.68. The number of rotatable bonds is 4. The lowest BCUT2D eigenvalue weighted by atomic mass is 9.98. The van der Waals surface area contributed by atoms with Gasteiger partial charge in [-0.05, 0) is 43.5 Å². The number of benzene rings is 1. The van der Waals surface area contributed by atoms with E-state index in [0.717, 1.165) is 48.8 Å². The fraction of sp³-hybridized carbons (Fsp3) is 0.429. The molecule has 29 heavy (non-hydrogen) atoms. The van der Waals surface area contributed by atoms with Gasteiger partial charge in [0.2, 0.25) is 0 Å². The quantitative estimate of drug-likeness (QED) is 0.690. The predicted octanol–water partition coefficient (Wildman–Crippen LogP) is 3.07. The first-order valence-corrected chi connectivity index (χ1v) is 11.0. The molecule has 1 atom stereocenters. The maximum Gasteiger partial charge on any atom is 0.280 e. The van der Waals surface area contributed by atoms with Gasteiger partial charge in [0.1, 0.15) is 16.7 Å². The number of thiazole rings is 1. The Morgan fingerprint density at radius 1 is 1.28 bits per heavy atom. The highest BCUT2D eigenvalue weighted by atomic mass is 32.1. The third kappa shape index (κ3) is 3.47. The monoisotopic (exact) mass is 408 g/mol. The van der Waals surface area contributed by atoms with E-state index in [9.17, 15) is 4.79 Å². The average molecular weight is 409 g/mol. The fourth-order valence-electron chi connectivity index (χ4n) is 4.26. The summed E-state index contributed by atoms with van der Waals surface area (Å²) in [5, 5.41) is 6.87. The van der Waals surface area contributed by atoms with Gasteiger partial charge in [-0.3, -0.25) is 4.79 Å². The molecular formula is C21H24N6OS. The summed E-state index contributed by atoms with van der Waals surface area (Å²) >= 11 is 1.33. The molecule has 0 saturated carbocycles. The van der Waals surface area contributed by atoms with Crippen molar-refractivity contribution in [2.45, 2.75) is 25.7 Å². The molecule has 2 N–H and O–H groups in total. The van der Waals surface area contributed by atoms with Crippen LogP contribution in [-0.2, 0) is 0 Å². The third-order valence-corrected chi connectivity index (χ3v) is 6.81. The molecular weight excluding hydrogens is 384 g/mol. The van der Waals surface area contributed by atoms with Gasteiger partial charge in [0.15, 0.2) is 10.8 Å². The van der Waals surface area contributed by atoms with Crippen LogP contribution >= 0.6 is 11.3 Å². The molecule has 3 aromatic rings. The van der Waals surface area contributed by atoms with Gasteiger partial charge in [0.25, 0.3) is 5.91 Å². The van der Waals surface area contributed by atoms with Crippen molar-refractivity contribution >= 4 is 39.1 Å². The molecule has 4 heterocycles. The number of hydrogen-bond donors (Lipinski definition) is 2. The van der Waals surface area contributed by atoms with Crippen molar-refractivity contribution < 1.29 is 4.79 Å². The van der Waals surface area contributed by atoms with Gasteiger partial charge < -0.3 is 15.5 Å². The molecule has 0 spiro atoms. The Bertz CT molecular complexity index is 1040. The molecule has 1 aromatic carbocycles. The lowest BCUT2D eigenvalue weighted by Crippen LogP contribution is -2.35. The van der Waals surface area contributed by atoms with Crippen molar-refractivity contribution in [2.75, 3.05) is 31.1 Å². The molecule has 150 valence electrons. The van der Waals surface area contributed by atoms with Crippen LogP contribution in [0.2, 0.25) is 0 Å². The van der Waals surface area contributed by atoms with E-state index in [4.69, 9.17) is 0 Å². The van der Waals surface area contributed by atoms with Gasteiger partial charge in [0, 0.05) is 24.7 Å². The van der Waals surface area contributed by atoms with Gasteiger partial charge in [-0.1, -0.05) is 36.5 Å². The molecule has 2 aromatic heterocycles. The van der Waals surface area contributed by atoms with Crippen LogP contribution in [0.25, 0.3) is 10.3 Å². The normalized spacial score (nSPS) is 19.5. The Balaban J connectivity index is 1.41. The van der Waals surface area contributed by atoms with Gasteiger partial charge in [-0.2, -0.15) is 0 Å². The number of nitrogens with zero attached hydrogens (tertiary/aromatic N) is 4. The van der Waals surface area contributed by atoms with E-state index in [-0.39, 0.29) is 5.91 Å². The van der Waals surface area contributed by atoms with Gasteiger partial charge in [-0.15, -0.1) is 0 Å². The second-order valence-electron chi connectivity index (χ2n) is 7.84. The second-order valence-corrected chi connectivity index (χ2v) is 8.82. The molecule has 1 unspecified atom stereocenters. The molecule has 2 aliphatic rings. The fourth-order valence-corrected chi connectivity index (χ4v) is 5.08. The maximum atomic E-state index is 12.7. The first-order valence-electron chi connectivity index (χ1n) is 10.2. The van der Waals surface area contributed by atoms with Crippen LogP contribution in [-0.4, -0.2) is 47.0 Å². The number of para-hydroxylation sites is 1. The topological polar surface area (TPSA) is 83.0 Å². The van der Waals surface area contributed by atoms with Gasteiger partial charge in [-0.25, -0.2) is 15.0 Å². The molecule has 0 aliphatic carbocycles. The predicted molar refractivity (Wildman–Crippen MR) is 115 cm³/mol. The smallest absolute Gasteiger partial charge is 0.280 e. The zero-order valence-electron chi connectivity index (χ0n) is 16.4. The summed E-state index contributed by atoms with van der Waals surface area (Å²) in [4.78, 5) is 29.2. The number of amides is 1. The number of anilines is 2. The molecule has 8 heteroatoms. The van der Waals surface area contributed by atoms with Crippen molar-refractivity contribution in [3.05, 3.63) is 41.2 Å². The van der Waals surface area contributed by atoms with E-state index in [2.05, 4.69) is 55.6 Å². The molecule has 1 fully saturated rings. The number of carbonyl (C=O) groups excluding carboxylic acids is 1. The summed E-state index contributed by atoms with van der Waals surface area (Å²) in [7, 11) is 0. The summed E-state index contributed by atoms with van der Waals surface area (Å²) in [5.41, 5.74) is 3.17. The minimum absolute atomic E-state index is 0.118. The number of aromatic nitrogens is 3. The molecule has 1 saturated heterocycles. The SMILES string of the molecule is CC1CN(c2ncnc3sc(C(=O)NCC4CCNCC4)nc23)c2ccccc21. The number of piperidine rings is 1. The zero-order chi connectivity index (χ0) is 19.8. The number of hydrogen-bond acceptors (Lipinski definition) is 7. The maximum absolute atomic E-state index is 12.7. The van der Waals surface area contributed by atoms with Crippen molar-refractivity contribution in [1.82, 2.24) is 25.6 Å². The highest BCUT2D eigenvalue weighted by molar-refractivity contribution is 7.19. The number of fused-ring (bicyclic) bond motifs is 2. The summed E-state index contributed by atoms with van der Waals surface area (Å²) in [6, 6.07) is 8.40. The molecule has 0 radical (unpaired) electrons. The van der Waals surface area contributed by atoms with Crippen LogP contribution in [0.4, 0.5) is 11.5 Å². The third-order valence-electron chi connectivity index (χ3n) is 5.85. The van der Waals surface area contributed by atoms with E-state index in [1.807, 2.05) is 6.07 Å². The molecule has 2 aliphatic heterocycles. The van der Waals surface area contributed by atoms with E-state index >= 15 is 0 Å². The van der Waals surface area contributed by atoms with Crippen molar-refractivity contribution in [3.63, 3.8) is 0 Å². The Morgan fingerprint density at radius 3 is 2.97 bits per heavy atom. The Kier molecular flexibility index (Phi) is 4.89. The van der Waals surface area contributed by atoms with Crippen LogP contribution in [0, 0.1) is 5.92 Å². The van der Waals surface area contributed by atoms with Crippen LogP contribution < -0.4 is 15.5 Å². The average Bonchev–Trinajstić information content (AvgIpc) is 3.34. The number of nitrogens with one attached hydrogen (secondary N) is 2. The summed E-state index contributed by atoms with van der Waals surface area (Å²) in [5.74, 6) is 1.61. The van der Waals surface area contributed by atoms with Crippen molar-refractivity contribution in [3.8, 4) is 0 Å². The highest BCUT2D eigenvalue weighted by Gasteiger charge is 2.29. The highest BCUT2D eigenvalue weighted by Crippen LogP contribution is 2.41. The lowest BCUT2D eigenvalue weighted by molar-refractivity contribution is 0.0944. The van der Waals surface area contributed by atoms with Crippen molar-refractivity contribution in [1.29, 1.82) is 0 Å². The van der Waals surface area contributed by atoms with E-state index in [1.165, 1.54) is 16.9 Å². The summed E-state index contributed by atoms with van der Waals surface area (Å²) < 4.78 is 0. The lowest BCUT2D eigenvalue weighted by Gasteiger charge is -2.22. The van der Waals surface area contributed by atoms with Gasteiger partial charge >= 0.3 is 0 Å². The summed E-state index contributed by atoms with van der Waals surface area (Å²) in [6.45, 7) is 5.82. The Hall–Kier alpha value is -2.58. The first-order chi connectivity index (χ1) is 14.2. The van der Waals surface area contributed by atoms with Crippen molar-refractivity contribution in [2.24, 2.45) is 5.92 Å². The van der Waals surface area contributed by atoms with Gasteiger partial charge in [0.05, 0.1) is 0 Å². The standard InChI is InChI=1S/C21H24N6OS/c1-13-11-27(16-5-3-2-4-15(13)16)18-17-20(25-12-24-18)29-21(26-17)19(28)23-10-14-6-8-22-9-7-14/h2-5,12-14,22H,6-11H2,1H3,(H,23,28). The molecule has 7 nitrogen and oxygen atoms in total. The van der Waals surface area contributed by atoms with Crippen LogP contribution in [0.3, 0.4) is 0 Å². The Labute approximate surface area is 173 Å². The molecule has 0 bridgehead atoms. The molecule has 1 amide bonds. The zero-order valence-corrected chi connectivity index (χ0v) is 17.2.